The number of hydrogen-bond acceptors (Lipinski definition) is 9. The van der Waals surface area contributed by atoms with Crippen molar-refractivity contribution in [2.45, 2.75) is 38.5 Å². The summed E-state index contributed by atoms with van der Waals surface area (Å²) >= 11 is 0. The minimum absolute atomic E-state index is 0.0101. The largest absolute Gasteiger partial charge is 0.443 e. The number of amides is 2. The zero-order valence-electron chi connectivity index (χ0n) is 21.2. The van der Waals surface area contributed by atoms with Gasteiger partial charge in [0.25, 0.3) is 5.91 Å². The molecule has 1 saturated carbocycles. The van der Waals surface area contributed by atoms with Gasteiger partial charge in [-0.2, -0.15) is 9.78 Å². The lowest BCUT2D eigenvalue weighted by atomic mass is 10.0. The number of aromatic nitrogens is 4. The van der Waals surface area contributed by atoms with E-state index >= 15 is 0 Å². The van der Waals surface area contributed by atoms with E-state index < -0.39 is 12.0 Å². The fraction of sp³-hybridized carbons (Fsp3) is 0.308. The molecule has 1 unspecified atom stereocenters. The highest BCUT2D eigenvalue weighted by Gasteiger charge is 2.36. The minimum Gasteiger partial charge on any atom is -0.443 e. The van der Waals surface area contributed by atoms with Gasteiger partial charge in [-0.05, 0) is 30.4 Å². The number of benzene rings is 1. The molecular weight excluding hydrogens is 488 g/mol. The van der Waals surface area contributed by atoms with Crippen molar-refractivity contribution in [1.82, 2.24) is 25.1 Å². The van der Waals surface area contributed by atoms with Gasteiger partial charge < -0.3 is 26.0 Å². The number of nitrogens with two attached hydrogens (primary N) is 1. The molecule has 0 saturated heterocycles. The van der Waals surface area contributed by atoms with E-state index in [4.69, 9.17) is 10.5 Å². The van der Waals surface area contributed by atoms with Crippen LogP contribution < -0.4 is 21.3 Å². The van der Waals surface area contributed by atoms with Crippen molar-refractivity contribution >= 4 is 35.2 Å². The smallest absolute Gasteiger partial charge is 0.435 e. The second kappa shape index (κ2) is 11.5. The fourth-order valence-corrected chi connectivity index (χ4v) is 4.53. The first-order valence-corrected chi connectivity index (χ1v) is 12.1. The molecule has 3 atom stereocenters. The third-order valence-corrected chi connectivity index (χ3v) is 6.62. The first kappa shape index (κ1) is 26.3. The quantitative estimate of drug-likeness (QED) is 0.362. The third-order valence-electron chi connectivity index (χ3n) is 6.62. The molecule has 0 aliphatic heterocycles. The summed E-state index contributed by atoms with van der Waals surface area (Å²) in [7, 11) is 1.89. The number of nitrogens with zero attached hydrogens (tertiary/aromatic N) is 5. The van der Waals surface area contributed by atoms with Crippen molar-refractivity contribution in [2.75, 3.05) is 17.3 Å². The van der Waals surface area contributed by atoms with Crippen LogP contribution in [0.25, 0.3) is 0 Å². The molecular formula is C26H30N8O4. The van der Waals surface area contributed by atoms with E-state index in [0.717, 1.165) is 23.1 Å². The number of ether oxygens (including phenoxy) is 1. The van der Waals surface area contributed by atoms with Gasteiger partial charge in [0.1, 0.15) is 12.4 Å². The SMILES string of the molecule is C=CC(=O)NC1CC[C@@H](N(C)c2cnc(C(N)=O)c(Nc3cnn(C(=O)OCc4ccccc4)c3)n2)[C@H]1C. The molecule has 38 heavy (non-hydrogen) atoms. The topological polar surface area (TPSA) is 157 Å². The molecule has 3 aromatic rings. The van der Waals surface area contributed by atoms with Crippen LogP contribution in [0.1, 0.15) is 35.8 Å². The normalized spacial score (nSPS) is 18.4. The van der Waals surface area contributed by atoms with E-state index in [2.05, 4.69) is 39.2 Å². The number of carbonyl (C=O) groups excluding carboxylic acids is 3. The van der Waals surface area contributed by atoms with Crippen LogP contribution >= 0.6 is 0 Å². The molecule has 2 amide bonds. The summed E-state index contributed by atoms with van der Waals surface area (Å²) in [4.78, 5) is 47.0. The van der Waals surface area contributed by atoms with Crippen LogP contribution in [0.5, 0.6) is 0 Å². The summed E-state index contributed by atoms with van der Waals surface area (Å²) in [6, 6.07) is 9.37. The van der Waals surface area contributed by atoms with Crippen LogP contribution in [-0.2, 0) is 16.1 Å². The molecule has 2 aromatic heterocycles. The number of nitrogens with one attached hydrogen (secondary N) is 2. The van der Waals surface area contributed by atoms with Crippen molar-refractivity contribution in [3.63, 3.8) is 0 Å². The van der Waals surface area contributed by atoms with Crippen LogP contribution in [0.3, 0.4) is 0 Å². The van der Waals surface area contributed by atoms with Gasteiger partial charge in [0.2, 0.25) is 5.91 Å². The van der Waals surface area contributed by atoms with Gasteiger partial charge in [-0.1, -0.05) is 43.8 Å². The second-order valence-electron chi connectivity index (χ2n) is 9.06. The summed E-state index contributed by atoms with van der Waals surface area (Å²) in [5, 5.41) is 9.99. The Morgan fingerprint density at radius 2 is 2.00 bits per heavy atom. The van der Waals surface area contributed by atoms with Gasteiger partial charge in [0.05, 0.1) is 24.3 Å². The van der Waals surface area contributed by atoms with Crippen molar-refractivity contribution in [3.05, 3.63) is 72.8 Å². The molecule has 2 heterocycles. The van der Waals surface area contributed by atoms with Gasteiger partial charge in [0.15, 0.2) is 11.5 Å². The van der Waals surface area contributed by atoms with Crippen molar-refractivity contribution in [2.24, 2.45) is 11.7 Å². The maximum Gasteiger partial charge on any atom is 0.435 e. The van der Waals surface area contributed by atoms with Gasteiger partial charge in [0, 0.05) is 19.1 Å². The summed E-state index contributed by atoms with van der Waals surface area (Å²) in [5.41, 5.74) is 6.70. The predicted octanol–water partition coefficient (Wildman–Crippen LogP) is 2.61. The summed E-state index contributed by atoms with van der Waals surface area (Å²) in [5.74, 6) is -0.184. The molecule has 4 rings (SSSR count). The molecule has 1 fully saturated rings. The number of anilines is 3. The Kier molecular flexibility index (Phi) is 8.00. The average Bonchev–Trinajstić information content (AvgIpc) is 3.53. The Bertz CT molecular complexity index is 1330. The Hall–Kier alpha value is -4.74. The van der Waals surface area contributed by atoms with Crippen LogP contribution in [0.4, 0.5) is 22.1 Å². The van der Waals surface area contributed by atoms with Gasteiger partial charge in [-0.15, -0.1) is 0 Å². The molecule has 1 aliphatic rings. The van der Waals surface area contributed by atoms with Crippen LogP contribution in [-0.4, -0.2) is 56.8 Å². The molecule has 1 aliphatic carbocycles. The van der Waals surface area contributed by atoms with E-state index in [1.54, 1.807) is 0 Å². The zero-order chi connectivity index (χ0) is 27.2. The summed E-state index contributed by atoms with van der Waals surface area (Å²) < 4.78 is 6.33. The van der Waals surface area contributed by atoms with Crippen LogP contribution in [0.15, 0.2) is 61.6 Å². The van der Waals surface area contributed by atoms with Crippen LogP contribution in [0.2, 0.25) is 0 Å². The molecule has 198 valence electrons. The second-order valence-corrected chi connectivity index (χ2v) is 9.06. The maximum atomic E-state index is 12.4. The lowest BCUT2D eigenvalue weighted by Crippen LogP contribution is -2.42. The predicted molar refractivity (Wildman–Crippen MR) is 141 cm³/mol. The van der Waals surface area contributed by atoms with Crippen LogP contribution in [0, 0.1) is 5.92 Å². The highest BCUT2D eigenvalue weighted by atomic mass is 16.6. The fourth-order valence-electron chi connectivity index (χ4n) is 4.53. The molecule has 4 N–H and O–H groups in total. The first-order chi connectivity index (χ1) is 18.3. The highest BCUT2D eigenvalue weighted by Crippen LogP contribution is 2.32. The molecule has 0 spiro atoms. The van der Waals surface area contributed by atoms with Gasteiger partial charge >= 0.3 is 6.09 Å². The number of hydrogen-bond donors (Lipinski definition) is 3. The summed E-state index contributed by atoms with van der Waals surface area (Å²) in [6.07, 6.45) is 6.55. The third kappa shape index (κ3) is 5.97. The van der Waals surface area contributed by atoms with E-state index in [1.807, 2.05) is 42.3 Å². The molecule has 0 bridgehead atoms. The Labute approximate surface area is 219 Å². The van der Waals surface area contributed by atoms with Crippen molar-refractivity contribution in [3.8, 4) is 0 Å². The van der Waals surface area contributed by atoms with Gasteiger partial charge in [-0.25, -0.2) is 14.8 Å². The molecule has 1 aromatic carbocycles. The van der Waals surface area contributed by atoms with E-state index in [0.29, 0.717) is 11.5 Å². The van der Waals surface area contributed by atoms with Crippen molar-refractivity contribution in [1.29, 1.82) is 0 Å². The number of carbonyl (C=O) groups is 3. The Morgan fingerprint density at radius 1 is 1.24 bits per heavy atom. The van der Waals surface area contributed by atoms with Crippen molar-refractivity contribution < 1.29 is 19.1 Å². The standard InChI is InChI=1S/C26H30N8O4/c1-4-22(35)31-19-10-11-20(16(19)2)33(3)21-13-28-23(24(27)36)25(32-21)30-18-12-29-34(14-18)26(37)38-15-17-8-6-5-7-9-17/h4-9,12-14,16,19-20H,1,10-11,15H2,2-3H3,(H2,27,36)(H,30,32)(H,31,35)/t16-,19?,20+/m0/s1. The molecule has 12 heteroatoms. The minimum atomic E-state index is -0.759. The highest BCUT2D eigenvalue weighted by molar-refractivity contribution is 5.96. The Balaban J connectivity index is 1.47. The lowest BCUT2D eigenvalue weighted by molar-refractivity contribution is -0.117. The number of rotatable bonds is 9. The van der Waals surface area contributed by atoms with E-state index in [-0.39, 0.29) is 42.0 Å². The first-order valence-electron chi connectivity index (χ1n) is 12.1. The molecule has 0 radical (unpaired) electrons. The zero-order valence-corrected chi connectivity index (χ0v) is 21.2. The summed E-state index contributed by atoms with van der Waals surface area (Å²) in [6.45, 7) is 5.68. The lowest BCUT2D eigenvalue weighted by Gasteiger charge is -2.30. The molecule has 12 nitrogen and oxygen atoms in total. The monoisotopic (exact) mass is 518 g/mol. The average molecular weight is 519 g/mol. The van der Waals surface area contributed by atoms with E-state index in [9.17, 15) is 14.4 Å². The maximum absolute atomic E-state index is 12.4. The number of primary amides is 1. The van der Waals surface area contributed by atoms with Gasteiger partial charge in [-0.3, -0.25) is 9.59 Å². The Morgan fingerprint density at radius 3 is 2.71 bits per heavy atom. The van der Waals surface area contributed by atoms with E-state index in [1.165, 1.54) is 24.7 Å².